The van der Waals surface area contributed by atoms with Crippen LogP contribution in [-0.2, 0) is 0 Å². The number of hydrogen-bond acceptors (Lipinski definition) is 3. The Labute approximate surface area is 120 Å². The minimum atomic E-state index is -0.560. The summed E-state index contributed by atoms with van der Waals surface area (Å²) >= 11 is 5.89. The maximum Gasteiger partial charge on any atom is 0.255 e. The number of halogens is 2. The largest absolute Gasteiger partial charge is 0.495 e. The quantitative estimate of drug-likeness (QED) is 0.854. The van der Waals surface area contributed by atoms with Crippen molar-refractivity contribution in [2.45, 2.75) is 0 Å². The van der Waals surface area contributed by atoms with E-state index in [9.17, 15) is 9.18 Å². The Hall–Kier alpha value is -2.27. The maximum atomic E-state index is 13.0. The zero-order valence-corrected chi connectivity index (χ0v) is 11.4. The first-order valence-corrected chi connectivity index (χ1v) is 6.09. The van der Waals surface area contributed by atoms with Gasteiger partial charge in [-0.05, 0) is 30.3 Å². The molecule has 2 rings (SSSR count). The van der Waals surface area contributed by atoms with Gasteiger partial charge in [0, 0.05) is 17.3 Å². The van der Waals surface area contributed by atoms with Crippen molar-refractivity contribution < 1.29 is 13.9 Å². The van der Waals surface area contributed by atoms with E-state index in [1.54, 1.807) is 18.2 Å². The molecule has 1 amide bonds. The van der Waals surface area contributed by atoms with Crippen LogP contribution in [0.3, 0.4) is 0 Å². The summed E-state index contributed by atoms with van der Waals surface area (Å²) in [5.74, 6) is -0.515. The SMILES string of the molecule is COc1cc(NC(=O)c2ccc(F)c(N)c2)ccc1Cl. The summed E-state index contributed by atoms with van der Waals surface area (Å²) in [4.78, 5) is 12.0. The topological polar surface area (TPSA) is 64.3 Å². The third-order valence-corrected chi connectivity index (χ3v) is 2.98. The van der Waals surface area contributed by atoms with Gasteiger partial charge in [0.25, 0.3) is 5.91 Å². The fourth-order valence-electron chi connectivity index (χ4n) is 1.63. The second kappa shape index (κ2) is 5.79. The minimum absolute atomic E-state index is 0.0775. The van der Waals surface area contributed by atoms with E-state index in [1.807, 2.05) is 0 Å². The van der Waals surface area contributed by atoms with Crippen LogP contribution in [0.5, 0.6) is 5.75 Å². The molecule has 0 saturated heterocycles. The molecule has 0 spiro atoms. The Morgan fingerprint density at radius 3 is 2.70 bits per heavy atom. The first-order chi connectivity index (χ1) is 9.51. The second-order valence-corrected chi connectivity index (χ2v) is 4.45. The molecule has 2 aromatic carbocycles. The van der Waals surface area contributed by atoms with Crippen molar-refractivity contribution in [2.75, 3.05) is 18.2 Å². The molecule has 6 heteroatoms. The van der Waals surface area contributed by atoms with Crippen molar-refractivity contribution in [3.63, 3.8) is 0 Å². The summed E-state index contributed by atoms with van der Waals surface area (Å²) in [6, 6.07) is 8.61. The van der Waals surface area contributed by atoms with Crippen LogP contribution in [-0.4, -0.2) is 13.0 Å². The molecule has 4 nitrogen and oxygen atoms in total. The van der Waals surface area contributed by atoms with Gasteiger partial charge < -0.3 is 15.8 Å². The lowest BCUT2D eigenvalue weighted by molar-refractivity contribution is 0.102. The number of nitrogens with two attached hydrogens (primary N) is 1. The summed E-state index contributed by atoms with van der Waals surface area (Å²) in [5.41, 5.74) is 6.12. The first-order valence-electron chi connectivity index (χ1n) is 5.71. The lowest BCUT2D eigenvalue weighted by atomic mass is 10.1. The van der Waals surface area contributed by atoms with Crippen LogP contribution in [0.4, 0.5) is 15.8 Å². The Morgan fingerprint density at radius 2 is 2.05 bits per heavy atom. The van der Waals surface area contributed by atoms with E-state index in [4.69, 9.17) is 22.1 Å². The van der Waals surface area contributed by atoms with Crippen molar-refractivity contribution in [2.24, 2.45) is 0 Å². The van der Waals surface area contributed by atoms with Gasteiger partial charge in [0.05, 0.1) is 17.8 Å². The van der Waals surface area contributed by atoms with Gasteiger partial charge in [-0.3, -0.25) is 4.79 Å². The lowest BCUT2D eigenvalue weighted by Gasteiger charge is -2.09. The number of nitrogens with one attached hydrogen (secondary N) is 1. The molecule has 2 aromatic rings. The number of hydrogen-bond donors (Lipinski definition) is 2. The predicted molar refractivity (Wildman–Crippen MR) is 76.8 cm³/mol. The number of rotatable bonds is 3. The van der Waals surface area contributed by atoms with Crippen LogP contribution in [0.1, 0.15) is 10.4 Å². The van der Waals surface area contributed by atoms with Gasteiger partial charge in [-0.2, -0.15) is 0 Å². The average molecular weight is 295 g/mol. The Balaban J connectivity index is 2.21. The molecule has 0 heterocycles. The summed E-state index contributed by atoms with van der Waals surface area (Å²) in [7, 11) is 1.48. The van der Waals surface area contributed by atoms with E-state index >= 15 is 0 Å². The highest BCUT2D eigenvalue weighted by atomic mass is 35.5. The fraction of sp³-hybridized carbons (Fsp3) is 0.0714. The Kier molecular flexibility index (Phi) is 4.10. The van der Waals surface area contributed by atoms with Crippen molar-refractivity contribution in [1.29, 1.82) is 0 Å². The molecule has 20 heavy (non-hydrogen) atoms. The molecular weight excluding hydrogens is 283 g/mol. The highest BCUT2D eigenvalue weighted by molar-refractivity contribution is 6.32. The molecule has 0 radical (unpaired) electrons. The second-order valence-electron chi connectivity index (χ2n) is 4.04. The van der Waals surface area contributed by atoms with Crippen molar-refractivity contribution in [3.05, 3.63) is 52.8 Å². The number of carbonyl (C=O) groups is 1. The molecular formula is C14H12ClFN2O2. The zero-order chi connectivity index (χ0) is 14.7. The van der Waals surface area contributed by atoms with E-state index in [-0.39, 0.29) is 11.3 Å². The number of amides is 1. The van der Waals surface area contributed by atoms with Gasteiger partial charge in [0.1, 0.15) is 11.6 Å². The van der Waals surface area contributed by atoms with Crippen molar-refractivity contribution >= 4 is 28.9 Å². The van der Waals surface area contributed by atoms with Gasteiger partial charge in [-0.1, -0.05) is 11.6 Å². The van der Waals surface area contributed by atoms with Crippen molar-refractivity contribution in [1.82, 2.24) is 0 Å². The van der Waals surface area contributed by atoms with Gasteiger partial charge in [0.2, 0.25) is 0 Å². The number of carbonyl (C=O) groups excluding carboxylic acids is 1. The number of ether oxygens (including phenoxy) is 1. The number of methoxy groups -OCH3 is 1. The van der Waals surface area contributed by atoms with Crippen LogP contribution in [0.15, 0.2) is 36.4 Å². The van der Waals surface area contributed by atoms with E-state index < -0.39 is 11.7 Å². The van der Waals surface area contributed by atoms with Gasteiger partial charge in [-0.25, -0.2) is 4.39 Å². The molecule has 0 aliphatic heterocycles. The molecule has 0 atom stereocenters. The third kappa shape index (κ3) is 3.00. The highest BCUT2D eigenvalue weighted by Gasteiger charge is 2.10. The van der Waals surface area contributed by atoms with Crippen LogP contribution >= 0.6 is 11.6 Å². The van der Waals surface area contributed by atoms with Gasteiger partial charge >= 0.3 is 0 Å². The fourth-order valence-corrected chi connectivity index (χ4v) is 1.82. The summed E-state index contributed by atoms with van der Waals surface area (Å²) < 4.78 is 18.1. The molecule has 3 N–H and O–H groups in total. The lowest BCUT2D eigenvalue weighted by Crippen LogP contribution is -2.12. The number of anilines is 2. The molecule has 104 valence electrons. The molecule has 0 bridgehead atoms. The molecule has 0 aromatic heterocycles. The zero-order valence-electron chi connectivity index (χ0n) is 10.6. The summed E-state index contributed by atoms with van der Waals surface area (Å²) in [6.45, 7) is 0. The van der Waals surface area contributed by atoms with Crippen LogP contribution in [0, 0.1) is 5.82 Å². The van der Waals surface area contributed by atoms with Crippen LogP contribution < -0.4 is 15.8 Å². The molecule has 0 saturated carbocycles. The standard InChI is InChI=1S/C14H12ClFN2O2/c1-20-13-7-9(3-4-10(13)15)18-14(19)8-2-5-11(16)12(17)6-8/h2-7H,17H2,1H3,(H,18,19). The van der Waals surface area contributed by atoms with E-state index in [2.05, 4.69) is 5.32 Å². The highest BCUT2D eigenvalue weighted by Crippen LogP contribution is 2.27. The van der Waals surface area contributed by atoms with Crippen LogP contribution in [0.2, 0.25) is 5.02 Å². The number of benzene rings is 2. The third-order valence-electron chi connectivity index (χ3n) is 2.67. The summed E-state index contributed by atoms with van der Waals surface area (Å²) in [6.07, 6.45) is 0. The predicted octanol–water partition coefficient (Wildman–Crippen LogP) is 3.32. The average Bonchev–Trinajstić information content (AvgIpc) is 2.43. The normalized spacial score (nSPS) is 10.2. The molecule has 0 unspecified atom stereocenters. The van der Waals surface area contributed by atoms with Crippen LogP contribution in [0.25, 0.3) is 0 Å². The maximum absolute atomic E-state index is 13.0. The monoisotopic (exact) mass is 294 g/mol. The Morgan fingerprint density at radius 1 is 1.30 bits per heavy atom. The van der Waals surface area contributed by atoms with Gasteiger partial charge in [0.15, 0.2) is 0 Å². The first kappa shape index (κ1) is 14.1. The molecule has 0 aliphatic rings. The van der Waals surface area contributed by atoms with E-state index in [1.165, 1.54) is 19.2 Å². The van der Waals surface area contributed by atoms with Crippen molar-refractivity contribution in [3.8, 4) is 5.75 Å². The van der Waals surface area contributed by atoms with E-state index in [0.717, 1.165) is 6.07 Å². The minimum Gasteiger partial charge on any atom is -0.495 e. The van der Waals surface area contributed by atoms with Gasteiger partial charge in [-0.15, -0.1) is 0 Å². The molecule has 0 fully saturated rings. The van der Waals surface area contributed by atoms with E-state index in [0.29, 0.717) is 16.5 Å². The Bertz CT molecular complexity index is 662. The molecule has 0 aliphatic carbocycles. The number of nitrogen functional groups attached to an aromatic ring is 1. The smallest absolute Gasteiger partial charge is 0.255 e. The summed E-state index contributed by atoms with van der Waals surface area (Å²) in [5, 5.41) is 3.09.